The zero-order valence-electron chi connectivity index (χ0n) is 34.9. The molecule has 0 bridgehead atoms. The maximum Gasteiger partial charge on any atom is 0.271 e. The lowest BCUT2D eigenvalue weighted by molar-refractivity contribution is -0.130. The normalized spacial score (nSPS) is 27.0. The Labute approximate surface area is 361 Å². The average molecular weight is 851 g/mol. The molecule has 5 fully saturated rings. The van der Waals surface area contributed by atoms with Crippen molar-refractivity contribution in [2.75, 3.05) is 24.5 Å². The van der Waals surface area contributed by atoms with Crippen molar-refractivity contribution in [3.8, 4) is 17.6 Å². The molecule has 2 atom stereocenters. The number of hydrogen-bond acceptors (Lipinski definition) is 11. The van der Waals surface area contributed by atoms with Crippen molar-refractivity contribution < 1.29 is 29.0 Å². The highest BCUT2D eigenvalue weighted by molar-refractivity contribution is 6.31. The van der Waals surface area contributed by atoms with Gasteiger partial charge in [0.25, 0.3) is 11.8 Å². The van der Waals surface area contributed by atoms with Gasteiger partial charge in [0.05, 0.1) is 40.7 Å². The van der Waals surface area contributed by atoms with E-state index in [9.17, 15) is 19.5 Å². The quantitative estimate of drug-likeness (QED) is 0.204. The van der Waals surface area contributed by atoms with Gasteiger partial charge in [0.1, 0.15) is 41.4 Å². The van der Waals surface area contributed by atoms with Crippen molar-refractivity contribution in [3.05, 3.63) is 76.2 Å². The molecule has 2 unspecified atom stereocenters. The molecule has 3 aliphatic carbocycles. The summed E-state index contributed by atoms with van der Waals surface area (Å²) >= 11 is 6.16. The van der Waals surface area contributed by atoms with E-state index in [1.807, 2.05) is 23.1 Å². The van der Waals surface area contributed by atoms with Gasteiger partial charge in [-0.3, -0.25) is 19.3 Å². The smallest absolute Gasteiger partial charge is 0.271 e. The summed E-state index contributed by atoms with van der Waals surface area (Å²) in [5.41, 5.74) is 2.02. The summed E-state index contributed by atoms with van der Waals surface area (Å²) in [5, 5.41) is 25.9. The Bertz CT molecular complexity index is 2170. The van der Waals surface area contributed by atoms with Crippen LogP contribution in [0.1, 0.15) is 123 Å². The second-order valence-corrected chi connectivity index (χ2v) is 18.6. The van der Waals surface area contributed by atoms with Gasteiger partial charge in [-0.05, 0) is 107 Å². The zero-order valence-corrected chi connectivity index (χ0v) is 35.6. The lowest BCUT2D eigenvalue weighted by Gasteiger charge is -2.46. The Morgan fingerprint density at radius 3 is 2.38 bits per heavy atom. The number of carbonyl (C=O) groups is 3. The lowest BCUT2D eigenvalue weighted by Crippen LogP contribution is -2.57. The molecule has 3 amide bonds. The number of anilines is 1. The fourth-order valence-corrected chi connectivity index (χ4v) is 10.5. The summed E-state index contributed by atoms with van der Waals surface area (Å²) < 4.78 is 12.6. The summed E-state index contributed by atoms with van der Waals surface area (Å²) in [7, 11) is 0. The van der Waals surface area contributed by atoms with Gasteiger partial charge in [0.2, 0.25) is 5.91 Å². The van der Waals surface area contributed by atoms with Crippen molar-refractivity contribution in [2.45, 2.75) is 139 Å². The van der Waals surface area contributed by atoms with E-state index < -0.39 is 12.3 Å². The monoisotopic (exact) mass is 850 g/mol. The van der Waals surface area contributed by atoms with Crippen molar-refractivity contribution in [2.24, 2.45) is 5.92 Å². The largest absolute Gasteiger partial charge is 0.490 e. The molecule has 4 heterocycles. The number of piperidine rings is 2. The number of nitrogens with zero attached hydrogens (tertiary/aromatic N) is 6. The number of aromatic nitrogens is 2. The number of hydrogen-bond donors (Lipinski definition) is 3. The molecule has 1 spiro atoms. The Hall–Kier alpha value is -4.97. The second kappa shape index (κ2) is 17.1. The molecule has 2 saturated heterocycles. The van der Waals surface area contributed by atoms with E-state index in [0.717, 1.165) is 95.2 Å². The molecule has 3 saturated carbocycles. The maximum absolute atomic E-state index is 13.8. The van der Waals surface area contributed by atoms with E-state index in [0.29, 0.717) is 64.2 Å². The standard InChI is InChI=1S/C46H55ClN8O6/c1-27(2)54(31-19-35(20-31)61-33-9-10-37-36(21-33)45(59)55(46(37)15-16-46)40-11-12-42(56)52-44(40)58)26-28-13-17-53(18-14-28)41-25-49-39(24-50-41)43(57)51-30-4-7-32(8-5-30)60-34-6-3-29(23-48)38(47)22-34/h3,6,9-10,21-22,24-25,27-28,30-32,35,40,44,58H,4-5,7-8,11-20,26H2,1-2H3,(H,51,57)(H,52,56)/t30-,31-,32-,35-,40?,44?. The number of nitrogens with one attached hydrogen (secondary N) is 2. The molecule has 14 nitrogen and oxygen atoms in total. The minimum Gasteiger partial charge on any atom is -0.490 e. The number of nitriles is 1. The summed E-state index contributed by atoms with van der Waals surface area (Å²) in [6.07, 6.45) is 12.0. The summed E-state index contributed by atoms with van der Waals surface area (Å²) in [6, 6.07) is 13.5. The van der Waals surface area contributed by atoms with Crippen LogP contribution in [0.2, 0.25) is 5.02 Å². The number of amides is 3. The maximum atomic E-state index is 13.8. The van der Waals surface area contributed by atoms with E-state index in [2.05, 4.69) is 50.3 Å². The van der Waals surface area contributed by atoms with Crippen molar-refractivity contribution in [1.82, 2.24) is 30.4 Å². The minimum absolute atomic E-state index is 0.0255. The van der Waals surface area contributed by atoms with Gasteiger partial charge < -0.3 is 35.0 Å². The fraction of sp³-hybridized carbons (Fsp3) is 0.565. The van der Waals surface area contributed by atoms with Crippen molar-refractivity contribution in [3.63, 3.8) is 0 Å². The number of halogens is 1. The van der Waals surface area contributed by atoms with Gasteiger partial charge in [0.15, 0.2) is 0 Å². The summed E-state index contributed by atoms with van der Waals surface area (Å²) in [4.78, 5) is 54.6. The van der Waals surface area contributed by atoms with Gasteiger partial charge in [0, 0.05) is 68.7 Å². The number of fused-ring (bicyclic) bond motifs is 2. The average Bonchev–Trinajstić information content (AvgIpc) is 4.00. The topological polar surface area (TPSA) is 173 Å². The molecule has 1 aromatic heterocycles. The van der Waals surface area contributed by atoms with Crippen LogP contribution in [-0.2, 0) is 10.3 Å². The number of carbonyl (C=O) groups excluding carboxylic acids is 3. The molecule has 6 aliphatic rings. The van der Waals surface area contributed by atoms with E-state index in [-0.39, 0.29) is 41.5 Å². The second-order valence-electron chi connectivity index (χ2n) is 18.2. The zero-order chi connectivity index (χ0) is 42.4. The number of ether oxygens (including phenoxy) is 2. The molecule has 0 radical (unpaired) electrons. The number of rotatable bonds is 12. The molecule has 3 aromatic rings. The van der Waals surface area contributed by atoms with Crippen LogP contribution in [0.3, 0.4) is 0 Å². The Balaban J connectivity index is 0.709. The number of benzene rings is 2. The Kier molecular flexibility index (Phi) is 11.6. The van der Waals surface area contributed by atoms with Gasteiger partial charge in [-0.1, -0.05) is 17.7 Å². The first-order valence-electron chi connectivity index (χ1n) is 22.1. The van der Waals surface area contributed by atoms with Crippen LogP contribution in [-0.4, -0.2) is 105 Å². The van der Waals surface area contributed by atoms with E-state index >= 15 is 0 Å². The molecule has 2 aromatic carbocycles. The number of aliphatic hydroxyl groups is 1. The predicted octanol–water partition coefficient (Wildman–Crippen LogP) is 5.70. The highest BCUT2D eigenvalue weighted by Crippen LogP contribution is 2.58. The first-order chi connectivity index (χ1) is 29.5. The molecular weight excluding hydrogens is 796 g/mol. The van der Waals surface area contributed by atoms with Crippen LogP contribution in [0.15, 0.2) is 48.8 Å². The van der Waals surface area contributed by atoms with Crippen LogP contribution in [0.4, 0.5) is 5.82 Å². The van der Waals surface area contributed by atoms with Gasteiger partial charge in [-0.25, -0.2) is 9.97 Å². The Morgan fingerprint density at radius 1 is 1.00 bits per heavy atom. The molecule has 3 aliphatic heterocycles. The van der Waals surface area contributed by atoms with Crippen molar-refractivity contribution >= 4 is 35.1 Å². The third-order valence-corrected chi connectivity index (χ3v) is 14.3. The molecular formula is C46H55ClN8O6. The van der Waals surface area contributed by atoms with E-state index in [1.165, 1.54) is 0 Å². The van der Waals surface area contributed by atoms with Crippen LogP contribution in [0.25, 0.3) is 0 Å². The minimum atomic E-state index is -1.06. The SMILES string of the molecule is CC(C)N(CC1CCN(c2cnc(C(=O)N[C@H]3CC[C@H](Oc4ccc(C#N)c(Cl)c4)CC3)cn2)CC1)[C@H]1C[C@H](Oc2ccc3c(c2)C(=O)N(C2CCC(=O)NC2O)C32CC2)C1. The highest BCUT2D eigenvalue weighted by Gasteiger charge is 2.61. The van der Waals surface area contributed by atoms with Gasteiger partial charge in [-0.2, -0.15) is 5.26 Å². The third kappa shape index (κ3) is 8.49. The molecule has 15 heteroatoms. The fourth-order valence-electron chi connectivity index (χ4n) is 10.3. The molecule has 9 rings (SSSR count). The van der Waals surface area contributed by atoms with Crippen LogP contribution < -0.4 is 25.0 Å². The summed E-state index contributed by atoms with van der Waals surface area (Å²) in [5.74, 6) is 2.24. The predicted molar refractivity (Wildman–Crippen MR) is 227 cm³/mol. The highest BCUT2D eigenvalue weighted by atomic mass is 35.5. The first kappa shape index (κ1) is 41.4. The van der Waals surface area contributed by atoms with E-state index in [4.69, 9.17) is 26.3 Å². The molecule has 3 N–H and O–H groups in total. The number of aliphatic hydroxyl groups excluding tert-OH is 1. The molecule has 322 valence electrons. The van der Waals surface area contributed by atoms with Crippen LogP contribution in [0, 0.1) is 17.2 Å². The Morgan fingerprint density at radius 2 is 1.72 bits per heavy atom. The van der Waals surface area contributed by atoms with Gasteiger partial charge in [-0.15, -0.1) is 0 Å². The van der Waals surface area contributed by atoms with Crippen LogP contribution in [0.5, 0.6) is 11.5 Å². The first-order valence-corrected chi connectivity index (χ1v) is 22.5. The summed E-state index contributed by atoms with van der Waals surface area (Å²) in [6.45, 7) is 7.34. The van der Waals surface area contributed by atoms with E-state index in [1.54, 1.807) is 30.6 Å². The van der Waals surface area contributed by atoms with Crippen LogP contribution >= 0.6 is 11.6 Å². The third-order valence-electron chi connectivity index (χ3n) is 14.0. The molecule has 61 heavy (non-hydrogen) atoms. The van der Waals surface area contributed by atoms with Gasteiger partial charge >= 0.3 is 0 Å². The lowest BCUT2D eigenvalue weighted by atomic mass is 9.85. The van der Waals surface area contributed by atoms with Crippen molar-refractivity contribution in [1.29, 1.82) is 5.26 Å².